The number of piperazine rings is 1. The largest absolute Gasteiger partial charge is 0.416 e. The molecule has 1 radical (unpaired) electrons. The highest BCUT2D eigenvalue weighted by Gasteiger charge is 2.33. The number of halogens is 4. The second-order valence-corrected chi connectivity index (χ2v) is 8.28. The molecule has 1 aromatic heterocycles. The van der Waals surface area contributed by atoms with Crippen molar-refractivity contribution in [2.45, 2.75) is 6.18 Å². The van der Waals surface area contributed by atoms with Crippen LogP contribution in [-0.4, -0.2) is 42.0 Å². The lowest BCUT2D eigenvalue weighted by Crippen LogP contribution is -2.54. The molecule has 33 heavy (non-hydrogen) atoms. The summed E-state index contributed by atoms with van der Waals surface area (Å²) in [6.45, 7) is 4.60. The first kappa shape index (κ1) is 21.6. The first-order valence-corrected chi connectivity index (χ1v) is 10.9. The van der Waals surface area contributed by atoms with Gasteiger partial charge in [0, 0.05) is 54.3 Å². The lowest BCUT2D eigenvalue weighted by molar-refractivity contribution is -0.137. The molecular weight excluding hydrogens is 451 g/mol. The van der Waals surface area contributed by atoms with Crippen LogP contribution >= 0.6 is 11.6 Å². The van der Waals surface area contributed by atoms with Gasteiger partial charge in [-0.15, -0.1) is 0 Å². The zero-order valence-electron chi connectivity index (χ0n) is 17.5. The maximum absolute atomic E-state index is 13.4. The van der Waals surface area contributed by atoms with Crippen LogP contribution in [-0.2, 0) is 6.18 Å². The quantitative estimate of drug-likeness (QED) is 0.489. The number of aliphatic imine (C=N–C) groups is 1. The number of hydrogen-bond donors (Lipinski definition) is 0. The summed E-state index contributed by atoms with van der Waals surface area (Å²) in [7, 11) is 0. The molecule has 9 heteroatoms. The maximum atomic E-state index is 13.4. The summed E-state index contributed by atoms with van der Waals surface area (Å²) in [6, 6.07) is 14.8. The Labute approximate surface area is 194 Å². The molecule has 0 atom stereocenters. The third-order valence-electron chi connectivity index (χ3n) is 5.72. The van der Waals surface area contributed by atoms with Crippen LogP contribution < -0.4 is 9.80 Å². The van der Waals surface area contributed by atoms with Gasteiger partial charge in [-0.25, -0.2) is 4.99 Å². The van der Waals surface area contributed by atoms with Crippen molar-refractivity contribution < 1.29 is 13.2 Å². The van der Waals surface area contributed by atoms with Crippen molar-refractivity contribution in [3.05, 3.63) is 89.7 Å². The maximum Gasteiger partial charge on any atom is 0.416 e. The van der Waals surface area contributed by atoms with Gasteiger partial charge in [0.2, 0.25) is 5.96 Å². The molecule has 3 heterocycles. The van der Waals surface area contributed by atoms with Crippen molar-refractivity contribution in [3.8, 4) is 0 Å². The van der Waals surface area contributed by atoms with Gasteiger partial charge in [-0.1, -0.05) is 23.7 Å². The minimum absolute atomic E-state index is 0.406. The minimum Gasteiger partial charge on any atom is -0.368 e. The summed E-state index contributed by atoms with van der Waals surface area (Å²) in [4.78, 5) is 15.0. The predicted molar refractivity (Wildman–Crippen MR) is 124 cm³/mol. The zero-order valence-corrected chi connectivity index (χ0v) is 18.3. The number of guanidine groups is 1. The molecule has 0 saturated carbocycles. The molecule has 5 nitrogen and oxygen atoms in total. The average molecular weight is 471 g/mol. The van der Waals surface area contributed by atoms with Crippen LogP contribution in [0.4, 0.5) is 30.2 Å². The lowest BCUT2D eigenvalue weighted by Gasteiger charge is -2.42. The van der Waals surface area contributed by atoms with E-state index in [4.69, 9.17) is 16.6 Å². The molecule has 2 aliphatic rings. The van der Waals surface area contributed by atoms with Crippen molar-refractivity contribution in [1.29, 1.82) is 0 Å². The monoisotopic (exact) mass is 470 g/mol. The molecule has 0 spiro atoms. The molecule has 0 bridgehead atoms. The highest BCUT2D eigenvalue weighted by molar-refractivity contribution is 6.30. The number of anilines is 2. The van der Waals surface area contributed by atoms with Gasteiger partial charge in [0.05, 0.1) is 24.0 Å². The zero-order chi connectivity index (χ0) is 23.0. The summed E-state index contributed by atoms with van der Waals surface area (Å²) in [5.41, 5.74) is 2.24. The van der Waals surface area contributed by atoms with Gasteiger partial charge in [0.15, 0.2) is 0 Å². The molecular formula is C24H20ClF3N5. The number of fused-ring (bicyclic) bond motifs is 1. The predicted octanol–water partition coefficient (Wildman–Crippen LogP) is 5.59. The van der Waals surface area contributed by atoms with E-state index in [1.807, 2.05) is 30.8 Å². The molecule has 1 fully saturated rings. The van der Waals surface area contributed by atoms with Crippen LogP contribution in [0.25, 0.3) is 0 Å². The van der Waals surface area contributed by atoms with E-state index in [1.54, 1.807) is 29.4 Å². The van der Waals surface area contributed by atoms with Crippen LogP contribution in [0.2, 0.25) is 5.02 Å². The van der Waals surface area contributed by atoms with E-state index in [0.29, 0.717) is 35.4 Å². The Balaban J connectivity index is 1.44. The van der Waals surface area contributed by atoms with E-state index in [-0.39, 0.29) is 0 Å². The highest BCUT2D eigenvalue weighted by atomic mass is 35.5. The van der Waals surface area contributed by atoms with Crippen molar-refractivity contribution in [2.75, 3.05) is 36.0 Å². The number of nitrogens with zero attached hydrogens (tertiary/aromatic N) is 5. The Morgan fingerprint density at radius 1 is 0.848 bits per heavy atom. The Hall–Kier alpha value is -3.26. The van der Waals surface area contributed by atoms with Crippen LogP contribution in [0.1, 0.15) is 11.1 Å². The summed E-state index contributed by atoms with van der Waals surface area (Å²) in [5, 5.41) is 0.681. The summed E-state index contributed by atoms with van der Waals surface area (Å²) < 4.78 is 40.1. The van der Waals surface area contributed by atoms with E-state index < -0.39 is 11.7 Å². The topological polar surface area (TPSA) is 35.0 Å². The van der Waals surface area contributed by atoms with E-state index in [9.17, 15) is 13.2 Å². The molecule has 2 aromatic carbocycles. The van der Waals surface area contributed by atoms with Crippen LogP contribution in [0.3, 0.4) is 0 Å². The van der Waals surface area contributed by atoms with Crippen LogP contribution in [0, 0.1) is 6.54 Å². The van der Waals surface area contributed by atoms with Gasteiger partial charge in [-0.2, -0.15) is 13.2 Å². The van der Waals surface area contributed by atoms with E-state index in [0.717, 1.165) is 36.5 Å². The molecule has 1 saturated heterocycles. The Bertz CT molecular complexity index is 1190. The highest BCUT2D eigenvalue weighted by Crippen LogP contribution is 2.35. The average Bonchev–Trinajstić information content (AvgIpc) is 2.83. The normalized spacial score (nSPS) is 16.5. The fourth-order valence-corrected chi connectivity index (χ4v) is 4.23. The van der Waals surface area contributed by atoms with Crippen LogP contribution in [0.5, 0.6) is 0 Å². The molecule has 0 aliphatic carbocycles. The number of pyridine rings is 1. The van der Waals surface area contributed by atoms with Gasteiger partial charge in [-0.05, 0) is 42.5 Å². The van der Waals surface area contributed by atoms with E-state index >= 15 is 0 Å². The van der Waals surface area contributed by atoms with Gasteiger partial charge in [-0.3, -0.25) is 4.98 Å². The molecule has 169 valence electrons. The Morgan fingerprint density at radius 2 is 1.58 bits per heavy atom. The van der Waals surface area contributed by atoms with Crippen molar-refractivity contribution >= 4 is 34.6 Å². The summed E-state index contributed by atoms with van der Waals surface area (Å²) in [6.07, 6.45) is -1.12. The summed E-state index contributed by atoms with van der Waals surface area (Å²) in [5.74, 6) is 0.584. The smallest absolute Gasteiger partial charge is 0.368 e. The van der Waals surface area contributed by atoms with E-state index in [2.05, 4.69) is 14.8 Å². The lowest BCUT2D eigenvalue weighted by atomic mass is 10.1. The van der Waals surface area contributed by atoms with Crippen molar-refractivity contribution in [3.63, 3.8) is 0 Å². The third-order valence-corrected chi connectivity index (χ3v) is 5.96. The first-order valence-electron chi connectivity index (χ1n) is 10.5. The molecule has 5 rings (SSSR count). The van der Waals surface area contributed by atoms with Crippen molar-refractivity contribution in [2.24, 2.45) is 4.99 Å². The molecule has 0 N–H and O–H groups in total. The fourth-order valence-electron chi connectivity index (χ4n) is 4.04. The molecule has 3 aromatic rings. The summed E-state index contributed by atoms with van der Waals surface area (Å²) >= 11 is 6.14. The second-order valence-electron chi connectivity index (χ2n) is 7.85. The molecule has 0 unspecified atom stereocenters. The van der Waals surface area contributed by atoms with Gasteiger partial charge < -0.3 is 14.7 Å². The Kier molecular flexibility index (Phi) is 5.62. The number of hydrogen-bond acceptors (Lipinski definition) is 5. The number of benzene rings is 2. The number of rotatable bonds is 2. The Morgan fingerprint density at radius 3 is 2.33 bits per heavy atom. The fraction of sp³-hybridized carbons (Fsp3) is 0.208. The standard InChI is InChI=1S/C24H20ClF3N5/c25-19-4-2-5-20(14-19)31-9-11-32(12-10-31)23-30-22-15-29-8-7-17(22)16-33(23)21-6-1-3-18(13-21)24(26,27)28/h1-8,13-16H,9-12H2. The first-order chi connectivity index (χ1) is 15.9. The SMILES string of the molecule is FC(F)(F)c1cccc(N2[CH]c3ccncc3N=C2N2CCN(c3cccc(Cl)c3)CC2)c1. The third kappa shape index (κ3) is 4.48. The minimum atomic E-state index is -4.42. The number of alkyl halides is 3. The van der Waals surface area contributed by atoms with Gasteiger partial charge in [0.1, 0.15) is 0 Å². The van der Waals surface area contributed by atoms with Crippen LogP contribution in [0.15, 0.2) is 72.0 Å². The molecule has 0 amide bonds. The number of aromatic nitrogens is 1. The van der Waals surface area contributed by atoms with Gasteiger partial charge in [0.25, 0.3) is 0 Å². The second kappa shape index (κ2) is 8.59. The van der Waals surface area contributed by atoms with Gasteiger partial charge >= 0.3 is 6.18 Å². The van der Waals surface area contributed by atoms with E-state index in [1.165, 1.54) is 6.07 Å². The van der Waals surface area contributed by atoms with Crippen molar-refractivity contribution in [1.82, 2.24) is 9.88 Å². The molecule has 2 aliphatic heterocycles.